The van der Waals surface area contributed by atoms with Crippen LogP contribution in [-0.2, 0) is 32.0 Å². The fourth-order valence-electron chi connectivity index (χ4n) is 4.38. The van der Waals surface area contributed by atoms with E-state index in [1.165, 1.54) is 5.01 Å². The van der Waals surface area contributed by atoms with Gasteiger partial charge in [-0.2, -0.15) is 0 Å². The maximum atomic E-state index is 13.0. The molecule has 9 heteroatoms. The number of para-hydroxylation sites is 1. The molecule has 1 aliphatic carbocycles. The lowest BCUT2D eigenvalue weighted by Crippen LogP contribution is -2.44. The van der Waals surface area contributed by atoms with Crippen molar-refractivity contribution >= 4 is 34.6 Å². The molecule has 1 heterocycles. The first-order valence-electron chi connectivity index (χ1n) is 12.3. The van der Waals surface area contributed by atoms with Gasteiger partial charge in [-0.25, -0.2) is 24.8 Å². The highest BCUT2D eigenvalue weighted by atomic mass is 16.6. The Morgan fingerprint density at radius 2 is 1.57 bits per heavy atom. The molecule has 0 unspecified atom stereocenters. The summed E-state index contributed by atoms with van der Waals surface area (Å²) in [5, 5.41) is 2.02. The molecule has 9 nitrogen and oxygen atoms in total. The number of rotatable bonds is 10. The number of carbonyl (C=O) groups is 3. The highest BCUT2D eigenvalue weighted by Gasteiger charge is 2.30. The van der Waals surface area contributed by atoms with Crippen molar-refractivity contribution in [2.24, 2.45) is 0 Å². The van der Waals surface area contributed by atoms with Crippen molar-refractivity contribution in [2.75, 3.05) is 26.4 Å². The molecule has 0 spiro atoms. The first-order chi connectivity index (χ1) is 18.0. The minimum Gasteiger partial charge on any atom is -0.463 e. The Labute approximate surface area is 214 Å². The lowest BCUT2D eigenvalue weighted by Gasteiger charge is -2.24. The monoisotopic (exact) mass is 506 g/mol. The van der Waals surface area contributed by atoms with Crippen molar-refractivity contribution in [2.45, 2.75) is 33.7 Å². The molecule has 4 rings (SSSR count). The summed E-state index contributed by atoms with van der Waals surface area (Å²) in [6, 6.07) is 14.9. The van der Waals surface area contributed by atoms with E-state index in [-0.39, 0.29) is 38.7 Å². The number of amides is 1. The summed E-state index contributed by atoms with van der Waals surface area (Å²) in [4.78, 5) is 38.4. The Bertz CT molecular complexity index is 1340. The molecular formula is C28H30N2O7. The van der Waals surface area contributed by atoms with Gasteiger partial charge < -0.3 is 18.6 Å². The first-order valence-corrected chi connectivity index (χ1v) is 12.3. The molecule has 1 amide bonds. The average Bonchev–Trinajstić information content (AvgIpc) is 3.45. The van der Waals surface area contributed by atoms with E-state index in [2.05, 4.69) is 5.43 Å². The standard InChI is InChI=1S/C28H30N2O7/c1-4-34-26(31)21-15-18-11-7-8-12-19(18)23(21)17-30(28(33)36-6-3)29-16-22-20-13-9-10-14-24(20)37-25(22)27(32)35-5-2/h7-14,29H,4-6,15-17H2,1-3H3. The van der Waals surface area contributed by atoms with Gasteiger partial charge in [0.05, 0.1) is 26.4 Å². The van der Waals surface area contributed by atoms with Crippen LogP contribution in [0.2, 0.25) is 0 Å². The third kappa shape index (κ3) is 5.51. The van der Waals surface area contributed by atoms with Crippen LogP contribution in [0.15, 0.2) is 58.5 Å². The molecule has 0 radical (unpaired) electrons. The molecule has 0 aliphatic heterocycles. The van der Waals surface area contributed by atoms with Gasteiger partial charge in [0, 0.05) is 29.5 Å². The molecule has 194 valence electrons. The summed E-state index contributed by atoms with van der Waals surface area (Å²) < 4.78 is 21.5. The minimum atomic E-state index is -0.618. The number of ether oxygens (including phenoxy) is 3. The molecule has 1 aliphatic rings. The number of esters is 2. The van der Waals surface area contributed by atoms with Gasteiger partial charge >= 0.3 is 18.0 Å². The summed E-state index contributed by atoms with van der Waals surface area (Å²) in [5.74, 6) is -0.935. The van der Waals surface area contributed by atoms with Crippen LogP contribution in [-0.4, -0.2) is 49.4 Å². The molecule has 0 fully saturated rings. The number of furan rings is 1. The van der Waals surface area contributed by atoms with Crippen molar-refractivity contribution in [1.82, 2.24) is 10.4 Å². The van der Waals surface area contributed by atoms with E-state index in [0.717, 1.165) is 16.5 Å². The summed E-state index contributed by atoms with van der Waals surface area (Å²) in [5.41, 5.74) is 7.21. The highest BCUT2D eigenvalue weighted by molar-refractivity contribution is 6.02. The van der Waals surface area contributed by atoms with E-state index < -0.39 is 18.0 Å². The summed E-state index contributed by atoms with van der Waals surface area (Å²) in [6.07, 6.45) is -0.200. The van der Waals surface area contributed by atoms with Gasteiger partial charge in [-0.05, 0) is 43.5 Å². The van der Waals surface area contributed by atoms with E-state index in [1.807, 2.05) is 42.5 Å². The van der Waals surface area contributed by atoms with E-state index in [4.69, 9.17) is 18.6 Å². The van der Waals surface area contributed by atoms with Crippen molar-refractivity contribution < 1.29 is 33.0 Å². The van der Waals surface area contributed by atoms with Gasteiger partial charge in [0.15, 0.2) is 0 Å². The van der Waals surface area contributed by atoms with Crippen LogP contribution in [0.3, 0.4) is 0 Å². The summed E-state index contributed by atoms with van der Waals surface area (Å²) >= 11 is 0. The Morgan fingerprint density at radius 3 is 2.32 bits per heavy atom. The van der Waals surface area contributed by atoms with Crippen LogP contribution in [0.25, 0.3) is 16.5 Å². The van der Waals surface area contributed by atoms with Crippen LogP contribution in [0.4, 0.5) is 4.79 Å². The normalized spacial score (nSPS) is 12.4. The number of fused-ring (bicyclic) bond motifs is 2. The fraction of sp³-hybridized carbons (Fsp3) is 0.321. The van der Waals surface area contributed by atoms with Gasteiger partial charge in [-0.3, -0.25) is 0 Å². The maximum absolute atomic E-state index is 13.0. The average molecular weight is 507 g/mol. The van der Waals surface area contributed by atoms with Crippen molar-refractivity contribution in [1.29, 1.82) is 0 Å². The molecule has 0 atom stereocenters. The lowest BCUT2D eigenvalue weighted by molar-refractivity contribution is -0.138. The van der Waals surface area contributed by atoms with Gasteiger partial charge in [0.2, 0.25) is 5.76 Å². The quantitative estimate of drug-likeness (QED) is 0.241. The first kappa shape index (κ1) is 26.0. The highest BCUT2D eigenvalue weighted by Crippen LogP contribution is 2.34. The zero-order valence-electron chi connectivity index (χ0n) is 21.2. The van der Waals surface area contributed by atoms with Crippen LogP contribution < -0.4 is 5.43 Å². The minimum absolute atomic E-state index is 0.0501. The number of benzene rings is 2. The van der Waals surface area contributed by atoms with E-state index in [0.29, 0.717) is 28.7 Å². The van der Waals surface area contributed by atoms with Crippen LogP contribution in [0.1, 0.15) is 48.0 Å². The number of hydrazine groups is 1. The van der Waals surface area contributed by atoms with Crippen LogP contribution in [0, 0.1) is 0 Å². The summed E-state index contributed by atoms with van der Waals surface area (Å²) in [6.45, 7) is 5.92. The second kappa shape index (κ2) is 11.7. The van der Waals surface area contributed by atoms with Crippen LogP contribution in [0.5, 0.6) is 0 Å². The predicted octanol–water partition coefficient (Wildman–Crippen LogP) is 4.65. The predicted molar refractivity (Wildman–Crippen MR) is 136 cm³/mol. The smallest absolute Gasteiger partial charge is 0.424 e. The second-order valence-corrected chi connectivity index (χ2v) is 8.26. The molecule has 3 aromatic rings. The van der Waals surface area contributed by atoms with E-state index in [9.17, 15) is 14.4 Å². The Morgan fingerprint density at radius 1 is 0.892 bits per heavy atom. The van der Waals surface area contributed by atoms with E-state index in [1.54, 1.807) is 26.8 Å². The second-order valence-electron chi connectivity index (χ2n) is 8.26. The van der Waals surface area contributed by atoms with E-state index >= 15 is 0 Å². The third-order valence-corrected chi connectivity index (χ3v) is 6.01. The van der Waals surface area contributed by atoms with Crippen molar-refractivity contribution in [3.63, 3.8) is 0 Å². The Kier molecular flexibility index (Phi) is 8.25. The maximum Gasteiger partial charge on any atom is 0.424 e. The van der Waals surface area contributed by atoms with Crippen molar-refractivity contribution in [3.05, 3.63) is 76.6 Å². The molecule has 0 saturated heterocycles. The number of hydrogen-bond acceptors (Lipinski definition) is 8. The molecular weight excluding hydrogens is 476 g/mol. The largest absolute Gasteiger partial charge is 0.463 e. The molecule has 0 bridgehead atoms. The van der Waals surface area contributed by atoms with Gasteiger partial charge in [0.1, 0.15) is 5.58 Å². The molecule has 2 aromatic carbocycles. The zero-order chi connectivity index (χ0) is 26.4. The number of nitrogens with zero attached hydrogens (tertiary/aromatic N) is 1. The SMILES string of the molecule is CCOC(=O)C1=C(CN(NCc2c(C(=O)OCC)oc3ccccc23)C(=O)OCC)c2ccccc2C1. The lowest BCUT2D eigenvalue weighted by atomic mass is 10.1. The topological polar surface area (TPSA) is 107 Å². The van der Waals surface area contributed by atoms with Gasteiger partial charge in [-0.15, -0.1) is 0 Å². The van der Waals surface area contributed by atoms with Gasteiger partial charge in [-0.1, -0.05) is 42.5 Å². The molecule has 0 saturated carbocycles. The third-order valence-electron chi connectivity index (χ3n) is 6.01. The summed E-state index contributed by atoms with van der Waals surface area (Å²) in [7, 11) is 0. The molecule has 1 N–H and O–H groups in total. The number of hydrogen-bond donors (Lipinski definition) is 1. The van der Waals surface area contributed by atoms with Gasteiger partial charge in [0.25, 0.3) is 0 Å². The zero-order valence-corrected chi connectivity index (χ0v) is 21.2. The molecule has 1 aromatic heterocycles. The molecule has 37 heavy (non-hydrogen) atoms. The Balaban J connectivity index is 1.67. The number of nitrogens with one attached hydrogen (secondary N) is 1. The Hall–Kier alpha value is -4.11. The van der Waals surface area contributed by atoms with Crippen molar-refractivity contribution in [3.8, 4) is 0 Å². The fourth-order valence-corrected chi connectivity index (χ4v) is 4.38. The van der Waals surface area contributed by atoms with Crippen LogP contribution >= 0.6 is 0 Å². The number of carbonyl (C=O) groups excluding carboxylic acids is 3.